The van der Waals surface area contributed by atoms with Gasteiger partial charge in [0.15, 0.2) is 0 Å². The Morgan fingerprint density at radius 1 is 1.24 bits per heavy atom. The Morgan fingerprint density at radius 3 is 2.90 bits per heavy atom. The third-order valence-corrected chi connectivity index (χ3v) is 4.44. The predicted molar refractivity (Wildman–Crippen MR) is 85.4 cm³/mol. The SMILES string of the molecule is CNC1CCCCc2nc(Cc3ccccc3C)ncc21. The zero-order chi connectivity index (χ0) is 14.7. The molecule has 1 aliphatic carbocycles. The number of fused-ring (bicyclic) bond motifs is 1. The molecule has 0 radical (unpaired) electrons. The molecule has 1 atom stereocenters. The molecule has 0 spiro atoms. The van der Waals surface area contributed by atoms with Gasteiger partial charge in [-0.1, -0.05) is 30.7 Å². The maximum absolute atomic E-state index is 4.86. The van der Waals surface area contributed by atoms with Gasteiger partial charge in [0.25, 0.3) is 0 Å². The second kappa shape index (κ2) is 6.35. The Labute approximate surface area is 126 Å². The molecule has 3 nitrogen and oxygen atoms in total. The Morgan fingerprint density at radius 2 is 2.10 bits per heavy atom. The lowest BCUT2D eigenvalue weighted by Crippen LogP contribution is -2.18. The van der Waals surface area contributed by atoms with Crippen molar-refractivity contribution >= 4 is 0 Å². The predicted octanol–water partition coefficient (Wildman–Crippen LogP) is 3.36. The number of hydrogen-bond acceptors (Lipinski definition) is 3. The summed E-state index contributed by atoms with van der Waals surface area (Å²) in [4.78, 5) is 9.47. The van der Waals surface area contributed by atoms with E-state index in [9.17, 15) is 0 Å². The molecule has 1 aromatic heterocycles. The molecule has 0 saturated heterocycles. The van der Waals surface area contributed by atoms with Crippen LogP contribution in [0.4, 0.5) is 0 Å². The number of nitrogens with zero attached hydrogens (tertiary/aromatic N) is 2. The monoisotopic (exact) mass is 281 g/mol. The summed E-state index contributed by atoms with van der Waals surface area (Å²) in [6.45, 7) is 2.15. The molecular weight excluding hydrogens is 258 g/mol. The lowest BCUT2D eigenvalue weighted by Gasteiger charge is -2.16. The number of aromatic nitrogens is 2. The highest BCUT2D eigenvalue weighted by molar-refractivity contribution is 5.30. The Hall–Kier alpha value is -1.74. The minimum Gasteiger partial charge on any atom is -0.313 e. The normalized spacial score (nSPS) is 18.1. The smallest absolute Gasteiger partial charge is 0.132 e. The van der Waals surface area contributed by atoms with Crippen LogP contribution in [0.5, 0.6) is 0 Å². The molecular formula is C18H23N3. The van der Waals surface area contributed by atoms with Crippen molar-refractivity contribution in [3.63, 3.8) is 0 Å². The van der Waals surface area contributed by atoms with Gasteiger partial charge in [0, 0.05) is 29.9 Å². The van der Waals surface area contributed by atoms with Crippen LogP contribution in [0.1, 0.15) is 53.5 Å². The third kappa shape index (κ3) is 3.13. The van der Waals surface area contributed by atoms with Crippen LogP contribution < -0.4 is 5.32 Å². The molecule has 1 aromatic carbocycles. The van der Waals surface area contributed by atoms with Gasteiger partial charge in [-0.2, -0.15) is 0 Å². The van der Waals surface area contributed by atoms with Crippen molar-refractivity contribution in [1.82, 2.24) is 15.3 Å². The van der Waals surface area contributed by atoms with Gasteiger partial charge in [0.2, 0.25) is 0 Å². The van der Waals surface area contributed by atoms with Crippen molar-refractivity contribution in [2.75, 3.05) is 7.05 Å². The number of nitrogens with one attached hydrogen (secondary N) is 1. The summed E-state index contributed by atoms with van der Waals surface area (Å²) < 4.78 is 0. The zero-order valence-electron chi connectivity index (χ0n) is 12.9. The summed E-state index contributed by atoms with van der Waals surface area (Å²) in [5, 5.41) is 3.40. The summed E-state index contributed by atoms with van der Waals surface area (Å²) in [6, 6.07) is 8.89. The van der Waals surface area contributed by atoms with E-state index in [1.807, 2.05) is 13.2 Å². The molecule has 21 heavy (non-hydrogen) atoms. The molecule has 0 amide bonds. The Bertz CT molecular complexity index is 622. The fourth-order valence-corrected chi connectivity index (χ4v) is 3.12. The van der Waals surface area contributed by atoms with Crippen LogP contribution in [-0.2, 0) is 12.8 Å². The van der Waals surface area contributed by atoms with E-state index < -0.39 is 0 Å². The summed E-state index contributed by atoms with van der Waals surface area (Å²) >= 11 is 0. The first-order valence-corrected chi connectivity index (χ1v) is 7.84. The maximum atomic E-state index is 4.86. The molecule has 0 bridgehead atoms. The van der Waals surface area contributed by atoms with E-state index in [0.29, 0.717) is 6.04 Å². The fraction of sp³-hybridized carbons (Fsp3) is 0.444. The van der Waals surface area contributed by atoms with Gasteiger partial charge in [0.1, 0.15) is 5.82 Å². The number of benzene rings is 1. The van der Waals surface area contributed by atoms with Gasteiger partial charge in [0.05, 0.1) is 0 Å². The molecule has 0 aliphatic heterocycles. The number of hydrogen-bond donors (Lipinski definition) is 1. The summed E-state index contributed by atoms with van der Waals surface area (Å²) in [5.41, 5.74) is 5.16. The minimum atomic E-state index is 0.412. The van der Waals surface area contributed by atoms with Crippen molar-refractivity contribution in [3.05, 3.63) is 58.7 Å². The molecule has 3 rings (SSSR count). The molecule has 1 heterocycles. The highest BCUT2D eigenvalue weighted by Gasteiger charge is 2.19. The van der Waals surface area contributed by atoms with Crippen LogP contribution in [0.2, 0.25) is 0 Å². The molecule has 1 N–H and O–H groups in total. The molecule has 1 aliphatic rings. The second-order valence-electron chi connectivity index (χ2n) is 5.88. The average molecular weight is 281 g/mol. The number of aryl methyl sites for hydroxylation is 2. The van der Waals surface area contributed by atoms with E-state index in [4.69, 9.17) is 4.98 Å². The van der Waals surface area contributed by atoms with Gasteiger partial charge in [-0.15, -0.1) is 0 Å². The van der Waals surface area contributed by atoms with E-state index >= 15 is 0 Å². The van der Waals surface area contributed by atoms with Crippen molar-refractivity contribution in [3.8, 4) is 0 Å². The van der Waals surface area contributed by atoms with Crippen molar-refractivity contribution in [2.45, 2.75) is 45.1 Å². The lowest BCUT2D eigenvalue weighted by molar-refractivity contribution is 0.531. The molecule has 1 unspecified atom stereocenters. The average Bonchev–Trinajstić information content (AvgIpc) is 2.71. The van der Waals surface area contributed by atoms with Gasteiger partial charge < -0.3 is 5.32 Å². The van der Waals surface area contributed by atoms with Gasteiger partial charge in [-0.05, 0) is 44.4 Å². The topological polar surface area (TPSA) is 37.8 Å². The Kier molecular flexibility index (Phi) is 4.30. The highest BCUT2D eigenvalue weighted by atomic mass is 14.9. The molecule has 110 valence electrons. The van der Waals surface area contributed by atoms with E-state index in [2.05, 4.69) is 41.5 Å². The van der Waals surface area contributed by atoms with Gasteiger partial charge >= 0.3 is 0 Å². The van der Waals surface area contributed by atoms with E-state index in [-0.39, 0.29) is 0 Å². The van der Waals surface area contributed by atoms with E-state index in [0.717, 1.165) is 18.7 Å². The van der Waals surface area contributed by atoms with Crippen LogP contribution in [0.25, 0.3) is 0 Å². The minimum absolute atomic E-state index is 0.412. The van der Waals surface area contributed by atoms with Crippen LogP contribution in [0.3, 0.4) is 0 Å². The first-order chi connectivity index (χ1) is 10.3. The van der Waals surface area contributed by atoms with E-state index in [1.165, 1.54) is 41.6 Å². The summed E-state index contributed by atoms with van der Waals surface area (Å²) in [7, 11) is 2.03. The summed E-state index contributed by atoms with van der Waals surface area (Å²) in [5.74, 6) is 0.944. The lowest BCUT2D eigenvalue weighted by atomic mass is 10.0. The summed E-state index contributed by atoms with van der Waals surface area (Å²) in [6.07, 6.45) is 7.62. The highest BCUT2D eigenvalue weighted by Crippen LogP contribution is 2.27. The zero-order valence-corrected chi connectivity index (χ0v) is 12.9. The molecule has 3 heteroatoms. The largest absolute Gasteiger partial charge is 0.313 e. The van der Waals surface area contributed by atoms with Crippen molar-refractivity contribution in [2.24, 2.45) is 0 Å². The standard InChI is InChI=1S/C18H23N3/c1-13-7-3-4-8-14(13)11-18-20-12-15-16(19-2)9-5-6-10-17(15)21-18/h3-4,7-8,12,16,19H,5-6,9-11H2,1-2H3. The third-order valence-electron chi connectivity index (χ3n) is 4.44. The van der Waals surface area contributed by atoms with Crippen molar-refractivity contribution in [1.29, 1.82) is 0 Å². The quantitative estimate of drug-likeness (QED) is 0.877. The van der Waals surface area contributed by atoms with Gasteiger partial charge in [-0.25, -0.2) is 9.97 Å². The van der Waals surface area contributed by atoms with Gasteiger partial charge in [-0.3, -0.25) is 0 Å². The molecule has 0 fully saturated rings. The first-order valence-electron chi connectivity index (χ1n) is 7.84. The van der Waals surface area contributed by atoms with Crippen molar-refractivity contribution < 1.29 is 0 Å². The number of rotatable bonds is 3. The maximum Gasteiger partial charge on any atom is 0.132 e. The van der Waals surface area contributed by atoms with Crippen LogP contribution in [0.15, 0.2) is 30.5 Å². The Balaban J connectivity index is 1.89. The van der Waals surface area contributed by atoms with Crippen LogP contribution in [0, 0.1) is 6.92 Å². The fourth-order valence-electron chi connectivity index (χ4n) is 3.12. The van der Waals surface area contributed by atoms with Crippen LogP contribution in [-0.4, -0.2) is 17.0 Å². The molecule has 0 saturated carbocycles. The van der Waals surface area contributed by atoms with E-state index in [1.54, 1.807) is 0 Å². The molecule has 2 aromatic rings. The van der Waals surface area contributed by atoms with Crippen LogP contribution >= 0.6 is 0 Å². The second-order valence-corrected chi connectivity index (χ2v) is 5.88. The first kappa shape index (κ1) is 14.2.